The SMILES string of the molecule is C[C@@H](OC[C@@]1(c2ccccc2)CC[C@@]23CCC(=O)N2CCN1C3)c1cc(C(F)(F)F)cc(C(F)(F)F)c1. The van der Waals surface area contributed by atoms with Gasteiger partial charge in [0, 0.05) is 26.1 Å². The lowest BCUT2D eigenvalue weighted by atomic mass is 9.72. The molecule has 3 heterocycles. The van der Waals surface area contributed by atoms with Gasteiger partial charge in [-0.1, -0.05) is 30.3 Å². The number of nitrogens with zero attached hydrogens (tertiary/aromatic N) is 2. The number of fused-ring (bicyclic) bond motifs is 1. The minimum Gasteiger partial charge on any atom is -0.372 e. The molecule has 4 nitrogen and oxygen atoms in total. The molecule has 2 aromatic carbocycles. The maximum atomic E-state index is 13.4. The van der Waals surface area contributed by atoms with Gasteiger partial charge in [0.25, 0.3) is 0 Å². The number of piperazine rings is 1. The van der Waals surface area contributed by atoms with Gasteiger partial charge in [0.05, 0.1) is 34.9 Å². The molecular formula is C27H28F6N2O2. The number of halogens is 6. The monoisotopic (exact) mass is 526 g/mol. The van der Waals surface area contributed by atoms with E-state index in [0.29, 0.717) is 32.5 Å². The highest BCUT2D eigenvalue weighted by Gasteiger charge is 2.57. The lowest BCUT2D eigenvalue weighted by Crippen LogP contribution is -2.69. The molecule has 2 bridgehead atoms. The Morgan fingerprint density at radius 2 is 1.57 bits per heavy atom. The summed E-state index contributed by atoms with van der Waals surface area (Å²) in [5.41, 5.74) is -2.73. The highest BCUT2D eigenvalue weighted by Crippen LogP contribution is 2.49. The van der Waals surface area contributed by atoms with E-state index in [0.717, 1.165) is 30.5 Å². The lowest BCUT2D eigenvalue weighted by molar-refractivity contribution is -0.150. The largest absolute Gasteiger partial charge is 0.416 e. The number of alkyl halides is 6. The van der Waals surface area contributed by atoms with E-state index in [1.807, 2.05) is 35.2 Å². The number of carbonyl (C=O) groups excluding carboxylic acids is 1. The molecule has 0 N–H and O–H groups in total. The molecule has 0 aromatic heterocycles. The number of carbonyl (C=O) groups is 1. The summed E-state index contributed by atoms with van der Waals surface area (Å²) in [6.07, 6.45) is -8.12. The molecule has 5 rings (SSSR count). The maximum Gasteiger partial charge on any atom is 0.416 e. The number of rotatable bonds is 5. The zero-order chi connectivity index (χ0) is 26.6. The van der Waals surface area contributed by atoms with Crippen molar-refractivity contribution in [3.63, 3.8) is 0 Å². The summed E-state index contributed by atoms with van der Waals surface area (Å²) in [5.74, 6) is 0.168. The Labute approximate surface area is 211 Å². The summed E-state index contributed by atoms with van der Waals surface area (Å²) >= 11 is 0. The van der Waals surface area contributed by atoms with E-state index in [1.54, 1.807) is 0 Å². The maximum absolute atomic E-state index is 13.4. The summed E-state index contributed by atoms with van der Waals surface area (Å²) in [4.78, 5) is 16.7. The Morgan fingerprint density at radius 1 is 0.919 bits per heavy atom. The number of piperidine rings is 1. The van der Waals surface area contributed by atoms with E-state index >= 15 is 0 Å². The molecule has 2 aromatic rings. The van der Waals surface area contributed by atoms with Crippen LogP contribution >= 0.6 is 0 Å². The van der Waals surface area contributed by atoms with Crippen LogP contribution in [0.5, 0.6) is 0 Å². The Bertz CT molecular complexity index is 1140. The van der Waals surface area contributed by atoms with Crippen molar-refractivity contribution in [2.75, 3.05) is 26.2 Å². The fraction of sp³-hybridized carbons (Fsp3) is 0.519. The summed E-state index contributed by atoms with van der Waals surface area (Å²) in [6.45, 7) is 3.44. The zero-order valence-electron chi connectivity index (χ0n) is 20.3. The highest BCUT2D eigenvalue weighted by atomic mass is 19.4. The van der Waals surface area contributed by atoms with E-state index in [1.165, 1.54) is 6.92 Å². The Hall–Kier alpha value is -2.59. The first-order valence-corrected chi connectivity index (χ1v) is 12.4. The summed E-state index contributed by atoms with van der Waals surface area (Å²) < 4.78 is 86.5. The van der Waals surface area contributed by atoms with Crippen LogP contribution in [-0.4, -0.2) is 47.5 Å². The van der Waals surface area contributed by atoms with Gasteiger partial charge < -0.3 is 9.64 Å². The zero-order valence-corrected chi connectivity index (χ0v) is 20.3. The summed E-state index contributed by atoms with van der Waals surface area (Å²) in [5, 5.41) is 0. The predicted molar refractivity (Wildman–Crippen MR) is 123 cm³/mol. The average molecular weight is 527 g/mol. The third-order valence-corrected chi connectivity index (χ3v) is 8.33. The van der Waals surface area contributed by atoms with Crippen LogP contribution in [0, 0.1) is 0 Å². The molecule has 4 atom stereocenters. The van der Waals surface area contributed by atoms with Gasteiger partial charge in [-0.3, -0.25) is 9.69 Å². The van der Waals surface area contributed by atoms with Gasteiger partial charge in [-0.25, -0.2) is 0 Å². The standard InChI is InChI=1S/C27H28F6N2O2/c1-18(19-13-21(26(28,29)30)15-22(14-19)27(31,32)33)37-17-25(20-5-3-2-4-6-20)10-9-24-8-7-23(36)35(24)12-11-34(25)16-24/h2-6,13-15,18H,7-12,16-17H2,1H3/t18-,24-,25-/m1/s1. The number of amides is 1. The smallest absolute Gasteiger partial charge is 0.372 e. The van der Waals surface area contributed by atoms with Crippen LogP contribution in [0.2, 0.25) is 0 Å². The van der Waals surface area contributed by atoms with Crippen LogP contribution in [-0.2, 0) is 27.4 Å². The second-order valence-electron chi connectivity index (χ2n) is 10.4. The molecule has 200 valence electrons. The number of hydrogen-bond acceptors (Lipinski definition) is 3. The Kier molecular flexibility index (Phi) is 6.34. The van der Waals surface area contributed by atoms with E-state index in [4.69, 9.17) is 4.74 Å². The van der Waals surface area contributed by atoms with Gasteiger partial charge in [0.2, 0.25) is 5.91 Å². The minimum atomic E-state index is -4.92. The fourth-order valence-electron chi connectivity index (χ4n) is 6.25. The summed E-state index contributed by atoms with van der Waals surface area (Å²) in [7, 11) is 0. The first kappa shape index (κ1) is 26.0. The predicted octanol–water partition coefficient (Wildman–Crippen LogP) is 6.17. The highest BCUT2D eigenvalue weighted by molar-refractivity contribution is 5.80. The van der Waals surface area contributed by atoms with Gasteiger partial charge in [-0.15, -0.1) is 0 Å². The van der Waals surface area contributed by atoms with Crippen molar-refractivity contribution >= 4 is 5.91 Å². The van der Waals surface area contributed by atoms with Crippen molar-refractivity contribution in [1.82, 2.24) is 9.80 Å². The van der Waals surface area contributed by atoms with E-state index in [2.05, 4.69) is 4.90 Å². The lowest BCUT2D eigenvalue weighted by Gasteiger charge is -2.59. The molecule has 1 amide bonds. The number of ether oxygens (including phenoxy) is 1. The average Bonchev–Trinajstić information content (AvgIpc) is 3.18. The second-order valence-corrected chi connectivity index (χ2v) is 10.4. The van der Waals surface area contributed by atoms with Crippen molar-refractivity contribution in [2.45, 2.75) is 62.1 Å². The fourth-order valence-corrected chi connectivity index (χ4v) is 6.25. The first-order chi connectivity index (χ1) is 17.3. The third kappa shape index (κ3) is 4.63. The van der Waals surface area contributed by atoms with Crippen LogP contribution in [0.15, 0.2) is 48.5 Å². The number of benzene rings is 2. The van der Waals surface area contributed by atoms with Crippen molar-refractivity contribution in [2.24, 2.45) is 0 Å². The van der Waals surface area contributed by atoms with Crippen LogP contribution < -0.4 is 0 Å². The minimum absolute atomic E-state index is 0.0970. The number of hydrogen-bond donors (Lipinski definition) is 0. The van der Waals surface area contributed by atoms with Crippen LogP contribution in [0.4, 0.5) is 26.3 Å². The Balaban J connectivity index is 1.44. The van der Waals surface area contributed by atoms with Crippen LogP contribution in [0.3, 0.4) is 0 Å². The topological polar surface area (TPSA) is 32.8 Å². The molecular weight excluding hydrogens is 498 g/mol. The van der Waals surface area contributed by atoms with E-state index < -0.39 is 35.1 Å². The molecule has 10 heteroatoms. The van der Waals surface area contributed by atoms with Crippen LogP contribution in [0.25, 0.3) is 0 Å². The van der Waals surface area contributed by atoms with Gasteiger partial charge in [-0.05, 0) is 55.5 Å². The van der Waals surface area contributed by atoms with Gasteiger partial charge in [-0.2, -0.15) is 26.3 Å². The normalized spacial score (nSPS) is 28.8. The van der Waals surface area contributed by atoms with Gasteiger partial charge >= 0.3 is 12.4 Å². The molecule has 0 radical (unpaired) electrons. The second kappa shape index (κ2) is 9.01. The van der Waals surface area contributed by atoms with Crippen molar-refractivity contribution in [3.8, 4) is 0 Å². The van der Waals surface area contributed by atoms with E-state index in [9.17, 15) is 31.1 Å². The van der Waals surface area contributed by atoms with E-state index in [-0.39, 0.29) is 29.7 Å². The molecule has 1 unspecified atom stereocenters. The van der Waals surface area contributed by atoms with Crippen molar-refractivity contribution in [3.05, 3.63) is 70.8 Å². The first-order valence-electron chi connectivity index (χ1n) is 12.4. The van der Waals surface area contributed by atoms with Gasteiger partial charge in [0.1, 0.15) is 0 Å². The quantitative estimate of drug-likeness (QED) is 0.437. The molecule has 0 aliphatic carbocycles. The van der Waals surface area contributed by atoms with Crippen LogP contribution in [0.1, 0.15) is 61.0 Å². The molecule has 3 saturated heterocycles. The third-order valence-electron chi connectivity index (χ3n) is 8.33. The molecule has 3 aliphatic heterocycles. The van der Waals surface area contributed by atoms with Crippen molar-refractivity contribution < 1.29 is 35.9 Å². The Morgan fingerprint density at radius 3 is 2.19 bits per heavy atom. The van der Waals surface area contributed by atoms with Gasteiger partial charge in [0.15, 0.2) is 0 Å². The molecule has 3 aliphatic rings. The van der Waals surface area contributed by atoms with Crippen molar-refractivity contribution in [1.29, 1.82) is 0 Å². The summed E-state index contributed by atoms with van der Waals surface area (Å²) in [6, 6.07) is 11.2. The molecule has 3 fully saturated rings. The molecule has 0 saturated carbocycles. The molecule has 37 heavy (non-hydrogen) atoms. The molecule has 1 spiro atoms.